The summed E-state index contributed by atoms with van der Waals surface area (Å²) < 4.78 is 12.6. The summed E-state index contributed by atoms with van der Waals surface area (Å²) in [6.45, 7) is 0. The molecular weight excluding hydrogens is 157 g/mol. The third-order valence-corrected chi connectivity index (χ3v) is 1.39. The van der Waals surface area contributed by atoms with Crippen molar-refractivity contribution >= 4 is 5.91 Å². The number of carbonyl (C=O) groups is 1. The molecule has 0 bridgehead atoms. The van der Waals surface area contributed by atoms with Crippen molar-refractivity contribution < 1.29 is 9.18 Å². The van der Waals surface area contributed by atoms with Gasteiger partial charge in [0.05, 0.1) is 0 Å². The predicted octanol–water partition coefficient (Wildman–Crippen LogP) is 1.25. The molecule has 2 N–H and O–H groups in total. The van der Waals surface area contributed by atoms with E-state index in [4.69, 9.17) is 5.73 Å². The van der Waals surface area contributed by atoms with Crippen molar-refractivity contribution in [3.05, 3.63) is 42.1 Å². The van der Waals surface area contributed by atoms with E-state index in [1.807, 2.05) is 0 Å². The fraction of sp³-hybridized carbons (Fsp3) is 0.111. The minimum Gasteiger partial charge on any atom is -0.370 e. The average molecular weight is 166 g/mol. The molecule has 0 aliphatic carbocycles. The number of primary amides is 1. The first kappa shape index (κ1) is 8.71. The molecule has 0 aliphatic rings. The van der Waals surface area contributed by atoms with Gasteiger partial charge in [-0.1, -0.05) is 12.1 Å². The van der Waals surface area contributed by atoms with E-state index < -0.39 is 5.91 Å². The molecule has 0 heterocycles. The Labute approximate surface area is 70.2 Å². The van der Waals surface area contributed by atoms with Crippen molar-refractivity contribution in [3.8, 4) is 0 Å². The maximum atomic E-state index is 12.6. The van der Waals surface area contributed by atoms with Gasteiger partial charge < -0.3 is 5.73 Å². The van der Waals surface area contributed by atoms with E-state index in [9.17, 15) is 9.18 Å². The van der Waals surface area contributed by atoms with Gasteiger partial charge in [-0.05, 0) is 17.7 Å². The highest BCUT2D eigenvalue weighted by Gasteiger charge is 1.98. The Kier molecular flexibility index (Phi) is 2.80. The molecule has 1 aromatic carbocycles. The van der Waals surface area contributed by atoms with Crippen LogP contribution < -0.4 is 5.73 Å². The van der Waals surface area contributed by atoms with Gasteiger partial charge in [0.1, 0.15) is 5.82 Å². The molecule has 0 fully saturated rings. The Morgan fingerprint density at radius 2 is 2.33 bits per heavy atom. The number of halogens is 1. The molecule has 0 saturated heterocycles. The number of benzene rings is 1. The molecule has 0 unspecified atom stereocenters. The average Bonchev–Trinajstić information content (AvgIpc) is 2.01. The molecule has 63 valence electrons. The normalized spacial score (nSPS) is 9.75. The molecule has 2 nitrogen and oxygen atoms in total. The summed E-state index contributed by atoms with van der Waals surface area (Å²) >= 11 is 0. The topological polar surface area (TPSA) is 43.1 Å². The highest BCUT2D eigenvalue weighted by Crippen LogP contribution is 2.07. The number of nitrogens with two attached hydrogens (primary N) is 1. The SMILES string of the molecule is NC(=O)C[CH]c1cccc(F)c1. The zero-order valence-electron chi connectivity index (χ0n) is 6.46. The fourth-order valence-corrected chi connectivity index (χ4v) is 0.852. The number of rotatable bonds is 3. The molecule has 1 amide bonds. The van der Waals surface area contributed by atoms with E-state index in [1.54, 1.807) is 18.6 Å². The molecule has 1 rings (SSSR count). The first-order valence-electron chi connectivity index (χ1n) is 3.55. The monoisotopic (exact) mass is 166 g/mol. The van der Waals surface area contributed by atoms with E-state index in [2.05, 4.69) is 0 Å². The molecule has 0 aliphatic heterocycles. The second-order valence-electron chi connectivity index (χ2n) is 2.43. The number of amides is 1. The van der Waals surface area contributed by atoms with Crippen molar-refractivity contribution in [1.29, 1.82) is 0 Å². The van der Waals surface area contributed by atoms with Crippen LogP contribution in [0.5, 0.6) is 0 Å². The lowest BCUT2D eigenvalue weighted by Gasteiger charge is -1.97. The van der Waals surface area contributed by atoms with Crippen LogP contribution in [-0.4, -0.2) is 5.91 Å². The van der Waals surface area contributed by atoms with Crippen molar-refractivity contribution in [2.45, 2.75) is 6.42 Å². The van der Waals surface area contributed by atoms with Crippen LogP contribution in [0, 0.1) is 12.2 Å². The van der Waals surface area contributed by atoms with E-state index in [0.717, 1.165) is 0 Å². The largest absolute Gasteiger partial charge is 0.370 e. The summed E-state index contributed by atoms with van der Waals surface area (Å²) in [6, 6.07) is 6.00. The minimum atomic E-state index is -0.417. The molecule has 3 heteroatoms. The molecule has 0 aromatic heterocycles. The van der Waals surface area contributed by atoms with E-state index in [0.29, 0.717) is 5.56 Å². The fourth-order valence-electron chi connectivity index (χ4n) is 0.852. The van der Waals surface area contributed by atoms with E-state index in [-0.39, 0.29) is 12.2 Å². The molecule has 1 aromatic rings. The molecule has 1 radical (unpaired) electrons. The molecule has 0 saturated carbocycles. The minimum absolute atomic E-state index is 0.142. The Morgan fingerprint density at radius 1 is 1.58 bits per heavy atom. The quantitative estimate of drug-likeness (QED) is 0.721. The van der Waals surface area contributed by atoms with Gasteiger partial charge in [-0.2, -0.15) is 0 Å². The maximum Gasteiger partial charge on any atom is 0.218 e. The Hall–Kier alpha value is -1.38. The number of hydrogen-bond acceptors (Lipinski definition) is 1. The summed E-state index contributed by atoms with van der Waals surface area (Å²) in [6.07, 6.45) is 1.73. The molecule has 0 spiro atoms. The van der Waals surface area contributed by atoms with Crippen LogP contribution in [0.1, 0.15) is 12.0 Å². The highest BCUT2D eigenvalue weighted by molar-refractivity contribution is 5.75. The van der Waals surface area contributed by atoms with Gasteiger partial charge in [0.2, 0.25) is 5.91 Å². The van der Waals surface area contributed by atoms with Gasteiger partial charge in [0.25, 0.3) is 0 Å². The van der Waals surface area contributed by atoms with Gasteiger partial charge >= 0.3 is 0 Å². The Balaban J connectivity index is 2.57. The first-order chi connectivity index (χ1) is 5.68. The highest BCUT2D eigenvalue weighted by atomic mass is 19.1. The summed E-state index contributed by atoms with van der Waals surface area (Å²) in [5.74, 6) is -0.729. The van der Waals surface area contributed by atoms with Gasteiger partial charge in [-0.3, -0.25) is 4.79 Å². The second-order valence-corrected chi connectivity index (χ2v) is 2.43. The van der Waals surface area contributed by atoms with Crippen molar-refractivity contribution in [3.63, 3.8) is 0 Å². The molecule has 0 atom stereocenters. The number of hydrogen-bond donors (Lipinski definition) is 1. The van der Waals surface area contributed by atoms with Gasteiger partial charge in [0, 0.05) is 12.8 Å². The lowest BCUT2D eigenvalue weighted by Crippen LogP contribution is -2.10. The summed E-state index contributed by atoms with van der Waals surface area (Å²) in [7, 11) is 0. The smallest absolute Gasteiger partial charge is 0.218 e. The van der Waals surface area contributed by atoms with Gasteiger partial charge in [-0.25, -0.2) is 4.39 Å². The van der Waals surface area contributed by atoms with Crippen LogP contribution in [0.25, 0.3) is 0 Å². The van der Waals surface area contributed by atoms with Crippen molar-refractivity contribution in [1.82, 2.24) is 0 Å². The lowest BCUT2D eigenvalue weighted by atomic mass is 10.1. The summed E-state index contributed by atoms with van der Waals surface area (Å²) in [5.41, 5.74) is 5.59. The second kappa shape index (κ2) is 3.85. The van der Waals surface area contributed by atoms with E-state index in [1.165, 1.54) is 12.1 Å². The lowest BCUT2D eigenvalue weighted by molar-refractivity contribution is -0.117. The summed E-state index contributed by atoms with van der Waals surface area (Å²) in [4.78, 5) is 10.4. The molecular formula is C9H9FNO. The third-order valence-electron chi connectivity index (χ3n) is 1.39. The third kappa shape index (κ3) is 2.70. The standard InChI is InChI=1S/C9H9FNO/c10-8-3-1-2-7(6-8)4-5-9(11)12/h1-4,6H,5H2,(H2,11,12). The van der Waals surface area contributed by atoms with Gasteiger partial charge in [0.15, 0.2) is 0 Å². The van der Waals surface area contributed by atoms with Crippen LogP contribution in [0.15, 0.2) is 24.3 Å². The van der Waals surface area contributed by atoms with Crippen molar-refractivity contribution in [2.75, 3.05) is 0 Å². The first-order valence-corrected chi connectivity index (χ1v) is 3.55. The van der Waals surface area contributed by atoms with E-state index >= 15 is 0 Å². The van der Waals surface area contributed by atoms with Crippen LogP contribution in [0.2, 0.25) is 0 Å². The zero-order chi connectivity index (χ0) is 8.97. The zero-order valence-corrected chi connectivity index (χ0v) is 6.46. The number of carbonyl (C=O) groups excluding carboxylic acids is 1. The van der Waals surface area contributed by atoms with Crippen molar-refractivity contribution in [2.24, 2.45) is 5.73 Å². The van der Waals surface area contributed by atoms with Crippen LogP contribution in [-0.2, 0) is 4.79 Å². The van der Waals surface area contributed by atoms with Gasteiger partial charge in [-0.15, -0.1) is 0 Å². The molecule has 12 heavy (non-hydrogen) atoms. The predicted molar refractivity (Wildman–Crippen MR) is 43.6 cm³/mol. The summed E-state index contributed by atoms with van der Waals surface area (Å²) in [5, 5.41) is 0. The van der Waals surface area contributed by atoms with Crippen LogP contribution in [0.3, 0.4) is 0 Å². The van der Waals surface area contributed by atoms with Crippen LogP contribution >= 0.6 is 0 Å². The Bertz CT molecular complexity index is 286. The Morgan fingerprint density at radius 3 is 2.92 bits per heavy atom. The van der Waals surface area contributed by atoms with Crippen LogP contribution in [0.4, 0.5) is 4.39 Å². The maximum absolute atomic E-state index is 12.6.